The molecule has 1 aromatic heterocycles. The Morgan fingerprint density at radius 3 is 3.25 bits per heavy atom. The fraction of sp³-hybridized carbons (Fsp3) is 0.455. The lowest BCUT2D eigenvalue weighted by molar-refractivity contribution is 0.630. The zero-order chi connectivity index (χ0) is 11.4. The lowest BCUT2D eigenvalue weighted by Gasteiger charge is -2.11. The highest BCUT2D eigenvalue weighted by Gasteiger charge is 2.16. The molecule has 3 nitrogen and oxygen atoms in total. The first-order chi connectivity index (χ1) is 7.81. The predicted octanol–water partition coefficient (Wildman–Crippen LogP) is 2.77. The Hall–Kier alpha value is -0.920. The van der Waals surface area contributed by atoms with E-state index in [2.05, 4.69) is 10.3 Å². The lowest BCUT2D eigenvalue weighted by Crippen LogP contribution is -2.14. The molecule has 0 bridgehead atoms. The van der Waals surface area contributed by atoms with Gasteiger partial charge >= 0.3 is 0 Å². The van der Waals surface area contributed by atoms with E-state index in [9.17, 15) is 0 Å². The Labute approximate surface area is 104 Å². The van der Waals surface area contributed by atoms with Gasteiger partial charge in [0.15, 0.2) is 0 Å². The molecule has 5 heteroatoms. The highest BCUT2D eigenvalue weighted by atomic mass is 35.5. The Balaban J connectivity index is 2.01. The van der Waals surface area contributed by atoms with E-state index in [-0.39, 0.29) is 0 Å². The summed E-state index contributed by atoms with van der Waals surface area (Å²) in [6, 6.07) is 3.67. The van der Waals surface area contributed by atoms with Gasteiger partial charge in [0.25, 0.3) is 0 Å². The molecule has 0 spiro atoms. The van der Waals surface area contributed by atoms with E-state index in [0.29, 0.717) is 22.3 Å². The Kier molecular flexibility index (Phi) is 3.92. The number of hydrogen-bond acceptors (Lipinski definition) is 4. The maximum absolute atomic E-state index is 8.83. The van der Waals surface area contributed by atoms with E-state index >= 15 is 0 Å². The summed E-state index contributed by atoms with van der Waals surface area (Å²) in [5, 5.41) is 12.5. The number of nitrogens with zero attached hydrogens (tertiary/aromatic N) is 2. The molecule has 0 radical (unpaired) electrons. The van der Waals surface area contributed by atoms with Gasteiger partial charge in [0.1, 0.15) is 16.9 Å². The van der Waals surface area contributed by atoms with Gasteiger partial charge in [0.05, 0.1) is 5.56 Å². The van der Waals surface area contributed by atoms with E-state index in [1.165, 1.54) is 17.9 Å². The number of nitriles is 1. The molecule has 1 atom stereocenters. The van der Waals surface area contributed by atoms with Gasteiger partial charge in [0.2, 0.25) is 0 Å². The summed E-state index contributed by atoms with van der Waals surface area (Å²) >= 11 is 8.03. The van der Waals surface area contributed by atoms with Crippen LogP contribution in [-0.4, -0.2) is 23.0 Å². The van der Waals surface area contributed by atoms with Crippen molar-refractivity contribution in [1.82, 2.24) is 4.98 Å². The average Bonchev–Trinajstić information content (AvgIpc) is 2.81. The number of halogens is 1. The molecule has 1 aliphatic heterocycles. The van der Waals surface area contributed by atoms with Gasteiger partial charge in [-0.25, -0.2) is 4.98 Å². The van der Waals surface area contributed by atoms with Crippen molar-refractivity contribution < 1.29 is 0 Å². The second-order valence-corrected chi connectivity index (χ2v) is 5.27. The quantitative estimate of drug-likeness (QED) is 0.900. The van der Waals surface area contributed by atoms with Crippen LogP contribution in [0.2, 0.25) is 5.02 Å². The molecule has 1 aliphatic rings. The first-order valence-electron chi connectivity index (χ1n) is 5.17. The van der Waals surface area contributed by atoms with Crippen LogP contribution in [0, 0.1) is 17.2 Å². The third-order valence-electron chi connectivity index (χ3n) is 2.59. The van der Waals surface area contributed by atoms with Crippen molar-refractivity contribution in [2.24, 2.45) is 5.92 Å². The molecule has 1 aromatic rings. The molecule has 0 amide bonds. The number of rotatable bonds is 3. The number of thioether (sulfide) groups is 1. The molecular formula is C11H12ClN3S. The summed E-state index contributed by atoms with van der Waals surface area (Å²) in [5.41, 5.74) is 0.472. The molecule has 0 aliphatic carbocycles. The topological polar surface area (TPSA) is 48.7 Å². The van der Waals surface area contributed by atoms with Crippen LogP contribution >= 0.6 is 23.4 Å². The Bertz CT molecular complexity index is 410. The van der Waals surface area contributed by atoms with Gasteiger partial charge in [-0.3, -0.25) is 0 Å². The van der Waals surface area contributed by atoms with Crippen molar-refractivity contribution in [3.63, 3.8) is 0 Å². The van der Waals surface area contributed by atoms with Gasteiger partial charge in [-0.1, -0.05) is 11.6 Å². The third kappa shape index (κ3) is 2.60. The molecule has 1 N–H and O–H groups in total. The first-order valence-corrected chi connectivity index (χ1v) is 6.70. The van der Waals surface area contributed by atoms with E-state index in [1.54, 1.807) is 12.3 Å². The van der Waals surface area contributed by atoms with Crippen LogP contribution in [-0.2, 0) is 0 Å². The van der Waals surface area contributed by atoms with Gasteiger partial charge in [-0.05, 0) is 29.9 Å². The summed E-state index contributed by atoms with van der Waals surface area (Å²) in [5.74, 6) is 3.75. The fourth-order valence-electron chi connectivity index (χ4n) is 1.64. The molecule has 1 unspecified atom stereocenters. The summed E-state index contributed by atoms with van der Waals surface area (Å²) in [7, 11) is 0. The van der Waals surface area contributed by atoms with Gasteiger partial charge in [-0.2, -0.15) is 17.0 Å². The van der Waals surface area contributed by atoms with Gasteiger partial charge < -0.3 is 5.32 Å². The minimum atomic E-state index is 0.427. The number of hydrogen-bond donors (Lipinski definition) is 1. The number of nitrogens with one attached hydrogen (secondary N) is 1. The molecular weight excluding hydrogens is 242 g/mol. The number of pyridine rings is 1. The highest BCUT2D eigenvalue weighted by Crippen LogP contribution is 2.26. The normalized spacial score (nSPS) is 19.4. The first kappa shape index (κ1) is 11.6. The largest absolute Gasteiger partial charge is 0.368 e. The molecule has 2 rings (SSSR count). The zero-order valence-corrected chi connectivity index (χ0v) is 10.3. The van der Waals surface area contributed by atoms with Crippen LogP contribution in [0.15, 0.2) is 12.3 Å². The van der Waals surface area contributed by atoms with Crippen molar-refractivity contribution in [1.29, 1.82) is 5.26 Å². The maximum Gasteiger partial charge on any atom is 0.146 e. The summed E-state index contributed by atoms with van der Waals surface area (Å²) < 4.78 is 0. The van der Waals surface area contributed by atoms with Crippen molar-refractivity contribution in [2.45, 2.75) is 6.42 Å². The molecule has 1 fully saturated rings. The second-order valence-electron chi connectivity index (χ2n) is 3.74. The average molecular weight is 254 g/mol. The molecule has 16 heavy (non-hydrogen) atoms. The summed E-state index contributed by atoms with van der Waals surface area (Å²) in [6.45, 7) is 0.884. The van der Waals surface area contributed by atoms with Gasteiger partial charge in [-0.15, -0.1) is 0 Å². The van der Waals surface area contributed by atoms with Crippen LogP contribution in [0.4, 0.5) is 5.82 Å². The van der Waals surface area contributed by atoms with Crippen molar-refractivity contribution >= 4 is 29.2 Å². The Morgan fingerprint density at radius 2 is 2.56 bits per heavy atom. The molecule has 1 saturated heterocycles. The van der Waals surface area contributed by atoms with E-state index in [1.807, 2.05) is 17.8 Å². The van der Waals surface area contributed by atoms with E-state index < -0.39 is 0 Å². The standard InChI is InChI=1S/C11H12ClN3S/c12-10-9(5-13)1-3-14-11(10)15-6-8-2-4-16-7-8/h1,3,8H,2,4,6-7H2,(H,14,15). The molecule has 0 aromatic carbocycles. The lowest BCUT2D eigenvalue weighted by atomic mass is 10.1. The van der Waals surface area contributed by atoms with Crippen molar-refractivity contribution in [3.8, 4) is 6.07 Å². The van der Waals surface area contributed by atoms with Crippen LogP contribution in [0.5, 0.6) is 0 Å². The Morgan fingerprint density at radius 1 is 1.69 bits per heavy atom. The zero-order valence-electron chi connectivity index (χ0n) is 8.74. The van der Waals surface area contributed by atoms with Gasteiger partial charge in [0, 0.05) is 12.7 Å². The molecule has 84 valence electrons. The monoisotopic (exact) mass is 253 g/mol. The predicted molar refractivity (Wildman–Crippen MR) is 67.9 cm³/mol. The summed E-state index contributed by atoms with van der Waals surface area (Å²) in [4.78, 5) is 4.15. The van der Waals surface area contributed by atoms with E-state index in [4.69, 9.17) is 16.9 Å². The fourth-order valence-corrected chi connectivity index (χ4v) is 3.14. The SMILES string of the molecule is N#Cc1ccnc(NCC2CCSC2)c1Cl. The van der Waals surface area contributed by atoms with Crippen LogP contribution < -0.4 is 5.32 Å². The number of aromatic nitrogens is 1. The number of anilines is 1. The minimum absolute atomic E-state index is 0.427. The highest BCUT2D eigenvalue weighted by molar-refractivity contribution is 7.99. The molecule has 2 heterocycles. The maximum atomic E-state index is 8.83. The van der Waals surface area contributed by atoms with Crippen LogP contribution in [0.25, 0.3) is 0 Å². The van der Waals surface area contributed by atoms with Crippen molar-refractivity contribution in [2.75, 3.05) is 23.4 Å². The third-order valence-corrected chi connectivity index (χ3v) is 4.21. The summed E-state index contributed by atoms with van der Waals surface area (Å²) in [6.07, 6.45) is 2.85. The second kappa shape index (κ2) is 5.42. The molecule has 0 saturated carbocycles. The smallest absolute Gasteiger partial charge is 0.146 e. The minimum Gasteiger partial charge on any atom is -0.368 e. The van der Waals surface area contributed by atoms with Crippen LogP contribution in [0.1, 0.15) is 12.0 Å². The van der Waals surface area contributed by atoms with Crippen molar-refractivity contribution in [3.05, 3.63) is 22.8 Å². The van der Waals surface area contributed by atoms with Crippen LogP contribution in [0.3, 0.4) is 0 Å². The van der Waals surface area contributed by atoms with E-state index in [0.717, 1.165) is 6.54 Å².